The highest BCUT2D eigenvalue weighted by molar-refractivity contribution is 5.90. The topological polar surface area (TPSA) is 63.6 Å². The van der Waals surface area contributed by atoms with Gasteiger partial charge in [-0.2, -0.15) is 0 Å². The zero-order chi connectivity index (χ0) is 15.2. The molecule has 0 amide bonds. The van der Waals surface area contributed by atoms with E-state index in [2.05, 4.69) is 6.92 Å². The summed E-state index contributed by atoms with van der Waals surface area (Å²) in [4.78, 5) is 22.5. The van der Waals surface area contributed by atoms with Crippen molar-refractivity contribution in [2.75, 3.05) is 0 Å². The summed E-state index contributed by atoms with van der Waals surface area (Å²) in [5, 5.41) is 8.56. The normalized spacial score (nSPS) is 22.1. The van der Waals surface area contributed by atoms with Gasteiger partial charge in [0.25, 0.3) is 0 Å². The van der Waals surface area contributed by atoms with E-state index >= 15 is 0 Å². The van der Waals surface area contributed by atoms with Gasteiger partial charge in [0.2, 0.25) is 0 Å². The van der Waals surface area contributed by atoms with E-state index in [1.165, 1.54) is 6.08 Å². The Morgan fingerprint density at radius 3 is 2.33 bits per heavy atom. The standard InChI is InChI=1S/C17H20O4/c1-12-2-9-15(10-3-12)21-17(20)14-7-4-13(5-8-14)6-11-16(18)19/h4-8,11-12,15H,2-3,9-10H2,1H3,(H,18,19)/b11-6+. The number of benzene rings is 1. The zero-order valence-corrected chi connectivity index (χ0v) is 12.1. The Bertz CT molecular complexity index is 522. The van der Waals surface area contributed by atoms with Crippen LogP contribution in [0.4, 0.5) is 0 Å². The smallest absolute Gasteiger partial charge is 0.338 e. The molecular formula is C17H20O4. The number of carbonyl (C=O) groups excluding carboxylic acids is 1. The number of esters is 1. The van der Waals surface area contributed by atoms with E-state index in [1.807, 2.05) is 0 Å². The van der Waals surface area contributed by atoms with Crippen LogP contribution in [0.25, 0.3) is 6.08 Å². The lowest BCUT2D eigenvalue weighted by molar-refractivity contribution is -0.131. The van der Waals surface area contributed by atoms with Gasteiger partial charge >= 0.3 is 11.9 Å². The molecule has 21 heavy (non-hydrogen) atoms. The Balaban J connectivity index is 1.92. The molecule has 1 N–H and O–H groups in total. The summed E-state index contributed by atoms with van der Waals surface area (Å²) in [5.41, 5.74) is 1.24. The second-order valence-corrected chi connectivity index (χ2v) is 5.58. The maximum atomic E-state index is 12.0. The van der Waals surface area contributed by atoms with Crippen LogP contribution in [0.3, 0.4) is 0 Å². The van der Waals surface area contributed by atoms with Crippen LogP contribution in [0, 0.1) is 5.92 Å². The molecule has 1 aliphatic carbocycles. The molecule has 0 aromatic heterocycles. The van der Waals surface area contributed by atoms with Crippen molar-refractivity contribution in [2.24, 2.45) is 5.92 Å². The van der Waals surface area contributed by atoms with E-state index in [1.54, 1.807) is 24.3 Å². The Hall–Kier alpha value is -2.10. The van der Waals surface area contributed by atoms with Gasteiger partial charge in [0.15, 0.2) is 0 Å². The van der Waals surface area contributed by atoms with Crippen LogP contribution in [0.15, 0.2) is 30.3 Å². The van der Waals surface area contributed by atoms with Gasteiger partial charge in [0.1, 0.15) is 6.10 Å². The minimum Gasteiger partial charge on any atom is -0.478 e. The number of hydrogen-bond donors (Lipinski definition) is 1. The summed E-state index contributed by atoms with van der Waals surface area (Å²) >= 11 is 0. The number of hydrogen-bond acceptors (Lipinski definition) is 3. The lowest BCUT2D eigenvalue weighted by atomic mass is 9.89. The number of carbonyl (C=O) groups is 2. The van der Waals surface area contributed by atoms with Crippen molar-refractivity contribution in [3.63, 3.8) is 0 Å². The van der Waals surface area contributed by atoms with Gasteiger partial charge in [-0.1, -0.05) is 19.1 Å². The SMILES string of the molecule is CC1CCC(OC(=O)c2ccc(/C=C/C(=O)O)cc2)CC1. The van der Waals surface area contributed by atoms with Crippen LogP contribution < -0.4 is 0 Å². The highest BCUT2D eigenvalue weighted by atomic mass is 16.5. The van der Waals surface area contributed by atoms with Gasteiger partial charge in [-0.05, 0) is 55.4 Å². The monoisotopic (exact) mass is 288 g/mol. The second-order valence-electron chi connectivity index (χ2n) is 5.58. The molecule has 0 spiro atoms. The predicted octanol–water partition coefficient (Wildman–Crippen LogP) is 3.52. The molecule has 1 aromatic rings. The Morgan fingerprint density at radius 2 is 1.76 bits per heavy atom. The molecule has 0 unspecified atom stereocenters. The summed E-state index contributed by atoms with van der Waals surface area (Å²) in [7, 11) is 0. The molecule has 4 nitrogen and oxygen atoms in total. The summed E-state index contributed by atoms with van der Waals surface area (Å²) < 4.78 is 5.51. The lowest BCUT2D eigenvalue weighted by Crippen LogP contribution is -2.23. The van der Waals surface area contributed by atoms with Gasteiger partial charge < -0.3 is 9.84 Å². The van der Waals surface area contributed by atoms with Gasteiger partial charge in [-0.15, -0.1) is 0 Å². The van der Waals surface area contributed by atoms with E-state index < -0.39 is 5.97 Å². The third-order valence-corrected chi connectivity index (χ3v) is 3.80. The fourth-order valence-corrected chi connectivity index (χ4v) is 2.46. The molecule has 0 radical (unpaired) electrons. The fraction of sp³-hybridized carbons (Fsp3) is 0.412. The van der Waals surface area contributed by atoms with Crippen molar-refractivity contribution in [1.29, 1.82) is 0 Å². The zero-order valence-electron chi connectivity index (χ0n) is 12.1. The molecule has 0 atom stereocenters. The molecular weight excluding hydrogens is 268 g/mol. The van der Waals surface area contributed by atoms with Crippen molar-refractivity contribution < 1.29 is 19.4 Å². The first-order valence-electron chi connectivity index (χ1n) is 7.26. The molecule has 1 aliphatic rings. The minimum absolute atomic E-state index is 0.0280. The quantitative estimate of drug-likeness (QED) is 0.680. The van der Waals surface area contributed by atoms with E-state index in [0.717, 1.165) is 43.2 Å². The van der Waals surface area contributed by atoms with Crippen LogP contribution in [0.1, 0.15) is 48.5 Å². The number of rotatable bonds is 4. The van der Waals surface area contributed by atoms with Crippen molar-refractivity contribution in [3.8, 4) is 0 Å². The van der Waals surface area contributed by atoms with Crippen LogP contribution in [0.2, 0.25) is 0 Å². The second kappa shape index (κ2) is 7.07. The molecule has 0 bridgehead atoms. The fourth-order valence-electron chi connectivity index (χ4n) is 2.46. The Labute approximate surface area is 124 Å². The first-order valence-corrected chi connectivity index (χ1v) is 7.26. The summed E-state index contributed by atoms with van der Waals surface area (Å²) in [6, 6.07) is 6.74. The average Bonchev–Trinajstić information content (AvgIpc) is 2.48. The minimum atomic E-state index is -0.995. The number of carboxylic acid groups (broad SMARTS) is 1. The first kappa shape index (κ1) is 15.3. The van der Waals surface area contributed by atoms with E-state index in [4.69, 9.17) is 9.84 Å². The van der Waals surface area contributed by atoms with E-state index in [0.29, 0.717) is 5.56 Å². The molecule has 0 saturated heterocycles. The molecule has 4 heteroatoms. The maximum Gasteiger partial charge on any atom is 0.338 e. The highest BCUT2D eigenvalue weighted by Crippen LogP contribution is 2.26. The molecule has 1 saturated carbocycles. The van der Waals surface area contributed by atoms with Crippen molar-refractivity contribution >= 4 is 18.0 Å². The van der Waals surface area contributed by atoms with Gasteiger partial charge in [0.05, 0.1) is 5.56 Å². The molecule has 112 valence electrons. The van der Waals surface area contributed by atoms with Gasteiger partial charge in [-0.3, -0.25) is 0 Å². The first-order chi connectivity index (χ1) is 10.0. The predicted molar refractivity (Wildman–Crippen MR) is 79.9 cm³/mol. The van der Waals surface area contributed by atoms with Crippen LogP contribution in [0.5, 0.6) is 0 Å². The largest absolute Gasteiger partial charge is 0.478 e. The van der Waals surface area contributed by atoms with Crippen molar-refractivity contribution in [3.05, 3.63) is 41.5 Å². The van der Waals surface area contributed by atoms with Crippen LogP contribution >= 0.6 is 0 Å². The third kappa shape index (κ3) is 4.74. The van der Waals surface area contributed by atoms with Crippen LogP contribution in [-0.2, 0) is 9.53 Å². The molecule has 0 aliphatic heterocycles. The van der Waals surface area contributed by atoms with Gasteiger partial charge in [0, 0.05) is 6.08 Å². The molecule has 2 rings (SSSR count). The summed E-state index contributed by atoms with van der Waals surface area (Å²) in [6.45, 7) is 2.22. The third-order valence-electron chi connectivity index (χ3n) is 3.80. The maximum absolute atomic E-state index is 12.0. The van der Waals surface area contributed by atoms with Crippen LogP contribution in [-0.4, -0.2) is 23.1 Å². The number of carboxylic acids is 1. The van der Waals surface area contributed by atoms with Gasteiger partial charge in [-0.25, -0.2) is 9.59 Å². The Kier molecular flexibility index (Phi) is 5.14. The highest BCUT2D eigenvalue weighted by Gasteiger charge is 2.21. The lowest BCUT2D eigenvalue weighted by Gasteiger charge is -2.25. The average molecular weight is 288 g/mol. The Morgan fingerprint density at radius 1 is 1.14 bits per heavy atom. The van der Waals surface area contributed by atoms with Crippen molar-refractivity contribution in [2.45, 2.75) is 38.7 Å². The number of aliphatic carboxylic acids is 1. The molecule has 0 heterocycles. The number of ether oxygens (including phenoxy) is 1. The molecule has 1 aromatic carbocycles. The van der Waals surface area contributed by atoms with E-state index in [9.17, 15) is 9.59 Å². The van der Waals surface area contributed by atoms with E-state index in [-0.39, 0.29) is 12.1 Å². The van der Waals surface area contributed by atoms with Crippen molar-refractivity contribution in [1.82, 2.24) is 0 Å². The summed E-state index contributed by atoms with van der Waals surface area (Å²) in [6.07, 6.45) is 6.67. The summed E-state index contributed by atoms with van der Waals surface area (Å²) in [5.74, 6) is -0.575. The molecule has 1 fully saturated rings.